The lowest BCUT2D eigenvalue weighted by atomic mass is 9.85. The minimum absolute atomic E-state index is 0.525. The van der Waals surface area contributed by atoms with Crippen molar-refractivity contribution in [1.82, 2.24) is 15.2 Å². The molecule has 1 aromatic rings. The molecule has 0 aromatic carbocycles. The predicted octanol–water partition coefficient (Wildman–Crippen LogP) is 3.34. The molecule has 0 spiro atoms. The Labute approximate surface area is 129 Å². The van der Waals surface area contributed by atoms with Crippen LogP contribution < -0.4 is 5.32 Å². The number of aromatic nitrogens is 1. The number of rotatable bonds is 5. The Morgan fingerprint density at radius 3 is 2.86 bits per heavy atom. The van der Waals surface area contributed by atoms with Crippen LogP contribution in [0.1, 0.15) is 57.2 Å². The highest BCUT2D eigenvalue weighted by atomic mass is 15.2. The van der Waals surface area contributed by atoms with Crippen molar-refractivity contribution in [3.63, 3.8) is 0 Å². The van der Waals surface area contributed by atoms with E-state index < -0.39 is 0 Å². The van der Waals surface area contributed by atoms with Gasteiger partial charge in [-0.2, -0.15) is 0 Å². The summed E-state index contributed by atoms with van der Waals surface area (Å²) in [5.41, 5.74) is 2.51. The molecular weight excluding hydrogens is 258 g/mol. The second kappa shape index (κ2) is 6.89. The molecule has 3 nitrogen and oxygen atoms in total. The summed E-state index contributed by atoms with van der Waals surface area (Å²) in [7, 11) is 0. The van der Waals surface area contributed by atoms with Crippen LogP contribution in [0.3, 0.4) is 0 Å². The SMILES string of the molecule is CC(C)NCc1ccc(CN2CCC3CCCCC32)nc1. The molecule has 0 radical (unpaired) electrons. The van der Waals surface area contributed by atoms with Crippen LogP contribution in [-0.2, 0) is 13.1 Å². The average molecular weight is 287 g/mol. The first kappa shape index (κ1) is 15.0. The van der Waals surface area contributed by atoms with Gasteiger partial charge in [0.1, 0.15) is 0 Å². The molecule has 1 aromatic heterocycles. The van der Waals surface area contributed by atoms with Crippen molar-refractivity contribution in [1.29, 1.82) is 0 Å². The number of pyridine rings is 1. The van der Waals surface area contributed by atoms with E-state index in [1.165, 1.54) is 49.9 Å². The van der Waals surface area contributed by atoms with E-state index in [2.05, 4.69) is 41.2 Å². The summed E-state index contributed by atoms with van der Waals surface area (Å²) in [5.74, 6) is 0.966. The van der Waals surface area contributed by atoms with E-state index in [1.54, 1.807) is 0 Å². The Bertz CT molecular complexity index is 440. The molecule has 3 rings (SSSR count). The van der Waals surface area contributed by atoms with Crippen LogP contribution in [0.15, 0.2) is 18.3 Å². The monoisotopic (exact) mass is 287 g/mol. The molecule has 1 aliphatic heterocycles. The topological polar surface area (TPSA) is 28.2 Å². The molecule has 2 heterocycles. The number of likely N-dealkylation sites (tertiary alicyclic amines) is 1. The number of nitrogens with zero attached hydrogens (tertiary/aromatic N) is 2. The molecule has 2 atom stereocenters. The van der Waals surface area contributed by atoms with Gasteiger partial charge in [-0.3, -0.25) is 9.88 Å². The molecule has 2 fully saturated rings. The van der Waals surface area contributed by atoms with E-state index in [0.717, 1.165) is 25.0 Å². The fraction of sp³-hybridized carbons (Fsp3) is 0.722. The van der Waals surface area contributed by atoms with Gasteiger partial charge in [0.05, 0.1) is 5.69 Å². The number of fused-ring (bicyclic) bond motifs is 1. The minimum Gasteiger partial charge on any atom is -0.310 e. The molecule has 3 heteroatoms. The van der Waals surface area contributed by atoms with Gasteiger partial charge in [-0.05, 0) is 43.4 Å². The van der Waals surface area contributed by atoms with Gasteiger partial charge >= 0.3 is 0 Å². The molecule has 0 bridgehead atoms. The maximum Gasteiger partial charge on any atom is 0.0544 e. The second-order valence-corrected chi connectivity index (χ2v) is 7.06. The van der Waals surface area contributed by atoms with E-state index in [9.17, 15) is 0 Å². The summed E-state index contributed by atoms with van der Waals surface area (Å²) in [4.78, 5) is 7.35. The van der Waals surface area contributed by atoms with Gasteiger partial charge in [0.15, 0.2) is 0 Å². The van der Waals surface area contributed by atoms with Gasteiger partial charge in [-0.1, -0.05) is 32.8 Å². The van der Waals surface area contributed by atoms with Gasteiger partial charge in [0, 0.05) is 31.4 Å². The van der Waals surface area contributed by atoms with Crippen LogP contribution in [0, 0.1) is 5.92 Å². The first-order chi connectivity index (χ1) is 10.2. The predicted molar refractivity (Wildman–Crippen MR) is 87.0 cm³/mol. The first-order valence-electron chi connectivity index (χ1n) is 8.63. The van der Waals surface area contributed by atoms with E-state index >= 15 is 0 Å². The van der Waals surface area contributed by atoms with Crippen molar-refractivity contribution in [3.8, 4) is 0 Å². The van der Waals surface area contributed by atoms with Crippen LogP contribution in [0.4, 0.5) is 0 Å². The van der Waals surface area contributed by atoms with Gasteiger partial charge in [0.25, 0.3) is 0 Å². The van der Waals surface area contributed by atoms with Crippen LogP contribution in [0.5, 0.6) is 0 Å². The molecule has 0 amide bonds. The lowest BCUT2D eigenvalue weighted by Gasteiger charge is -2.31. The average Bonchev–Trinajstić information content (AvgIpc) is 2.90. The van der Waals surface area contributed by atoms with Gasteiger partial charge in [0.2, 0.25) is 0 Å². The fourth-order valence-electron chi connectivity index (χ4n) is 3.88. The minimum atomic E-state index is 0.525. The highest BCUT2D eigenvalue weighted by molar-refractivity contribution is 5.14. The smallest absolute Gasteiger partial charge is 0.0544 e. The first-order valence-corrected chi connectivity index (χ1v) is 8.63. The highest BCUT2D eigenvalue weighted by Crippen LogP contribution is 2.36. The molecule has 1 saturated carbocycles. The Morgan fingerprint density at radius 1 is 1.24 bits per heavy atom. The van der Waals surface area contributed by atoms with Crippen molar-refractivity contribution in [2.24, 2.45) is 5.92 Å². The van der Waals surface area contributed by atoms with Crippen LogP contribution in [-0.4, -0.2) is 28.5 Å². The second-order valence-electron chi connectivity index (χ2n) is 7.06. The van der Waals surface area contributed by atoms with Crippen molar-refractivity contribution < 1.29 is 0 Å². The quantitative estimate of drug-likeness (QED) is 0.900. The van der Waals surface area contributed by atoms with E-state index in [4.69, 9.17) is 0 Å². The Hall–Kier alpha value is -0.930. The van der Waals surface area contributed by atoms with Crippen LogP contribution >= 0.6 is 0 Å². The van der Waals surface area contributed by atoms with Gasteiger partial charge in [-0.25, -0.2) is 0 Å². The van der Waals surface area contributed by atoms with Gasteiger partial charge in [-0.15, -0.1) is 0 Å². The zero-order valence-corrected chi connectivity index (χ0v) is 13.5. The largest absolute Gasteiger partial charge is 0.310 e. The highest BCUT2D eigenvalue weighted by Gasteiger charge is 2.35. The Balaban J connectivity index is 1.55. The summed E-state index contributed by atoms with van der Waals surface area (Å²) < 4.78 is 0. The number of nitrogens with one attached hydrogen (secondary N) is 1. The lowest BCUT2D eigenvalue weighted by Crippen LogP contribution is -2.34. The summed E-state index contributed by atoms with van der Waals surface area (Å²) >= 11 is 0. The summed E-state index contributed by atoms with van der Waals surface area (Å²) in [5, 5.41) is 3.44. The summed E-state index contributed by atoms with van der Waals surface area (Å²) in [6, 6.07) is 5.81. The summed E-state index contributed by atoms with van der Waals surface area (Å²) in [6.07, 6.45) is 9.17. The number of hydrogen-bond donors (Lipinski definition) is 1. The fourth-order valence-corrected chi connectivity index (χ4v) is 3.88. The maximum absolute atomic E-state index is 4.68. The molecule has 1 aliphatic carbocycles. The van der Waals surface area contributed by atoms with Gasteiger partial charge < -0.3 is 5.32 Å². The lowest BCUT2D eigenvalue weighted by molar-refractivity contribution is 0.174. The zero-order chi connectivity index (χ0) is 14.7. The van der Waals surface area contributed by atoms with E-state index in [0.29, 0.717) is 6.04 Å². The summed E-state index contributed by atoms with van der Waals surface area (Å²) in [6.45, 7) is 7.58. The normalized spacial score (nSPS) is 26.2. The molecule has 2 aliphatic rings. The molecular formula is C18H29N3. The molecule has 21 heavy (non-hydrogen) atoms. The van der Waals surface area contributed by atoms with Crippen LogP contribution in [0.25, 0.3) is 0 Å². The maximum atomic E-state index is 4.68. The molecule has 116 valence electrons. The third-order valence-corrected chi connectivity index (χ3v) is 5.09. The van der Waals surface area contributed by atoms with Crippen LogP contribution in [0.2, 0.25) is 0 Å². The Kier molecular flexibility index (Phi) is 4.91. The molecule has 1 N–H and O–H groups in total. The third-order valence-electron chi connectivity index (χ3n) is 5.09. The van der Waals surface area contributed by atoms with Crippen molar-refractivity contribution in [2.75, 3.05) is 6.54 Å². The van der Waals surface area contributed by atoms with E-state index in [1.807, 2.05) is 6.20 Å². The third kappa shape index (κ3) is 3.83. The van der Waals surface area contributed by atoms with Crippen molar-refractivity contribution in [2.45, 2.75) is 71.1 Å². The zero-order valence-electron chi connectivity index (χ0n) is 13.5. The molecule has 1 saturated heterocycles. The van der Waals surface area contributed by atoms with Crippen molar-refractivity contribution in [3.05, 3.63) is 29.6 Å². The molecule has 2 unspecified atom stereocenters. The number of hydrogen-bond acceptors (Lipinski definition) is 3. The van der Waals surface area contributed by atoms with E-state index in [-0.39, 0.29) is 0 Å². The Morgan fingerprint density at radius 2 is 2.10 bits per heavy atom. The van der Waals surface area contributed by atoms with Crippen molar-refractivity contribution >= 4 is 0 Å². The standard InChI is InChI=1S/C18H29N3/c1-14(2)19-11-15-7-8-17(20-12-15)13-21-10-9-16-5-3-4-6-18(16)21/h7-8,12,14,16,18-19H,3-6,9-11,13H2,1-2H3.